The van der Waals surface area contributed by atoms with Crippen molar-refractivity contribution >= 4 is 0 Å². The van der Waals surface area contributed by atoms with E-state index >= 15 is 0 Å². The molecule has 0 aromatic carbocycles. The van der Waals surface area contributed by atoms with E-state index < -0.39 is 24.6 Å². The summed E-state index contributed by atoms with van der Waals surface area (Å²) < 4.78 is 80.8. The Morgan fingerprint density at radius 3 is 2.08 bits per heavy atom. The van der Waals surface area contributed by atoms with Gasteiger partial charge in [0, 0.05) is 18.4 Å². The molecule has 3 saturated carbocycles. The molecule has 0 radical (unpaired) electrons. The average Bonchev–Trinajstić information content (AvgIpc) is 3.23. The van der Waals surface area contributed by atoms with Crippen molar-refractivity contribution in [1.82, 2.24) is 0 Å². The zero-order chi connectivity index (χ0) is 18.2. The summed E-state index contributed by atoms with van der Waals surface area (Å²) >= 11 is 0. The third kappa shape index (κ3) is 2.42. The van der Waals surface area contributed by atoms with Gasteiger partial charge in [-0.2, -0.15) is 26.3 Å². The van der Waals surface area contributed by atoms with Crippen molar-refractivity contribution in [1.29, 1.82) is 0 Å². The molecule has 7 unspecified atom stereocenters. The van der Waals surface area contributed by atoms with Gasteiger partial charge in [0.05, 0.1) is 6.61 Å². The van der Waals surface area contributed by atoms with Gasteiger partial charge in [-0.05, 0) is 48.9 Å². The number of halogens is 6. The first kappa shape index (κ1) is 17.5. The highest BCUT2D eigenvalue weighted by atomic mass is 19.4. The van der Waals surface area contributed by atoms with Crippen molar-refractivity contribution < 1.29 is 36.2 Å². The van der Waals surface area contributed by atoms with Crippen LogP contribution in [-0.2, 0) is 4.74 Å². The van der Waals surface area contributed by atoms with Gasteiger partial charge in [0.1, 0.15) is 0 Å². The largest absolute Gasteiger partial charge is 0.428 e. The normalized spacial score (nSPS) is 41.8. The molecule has 0 spiro atoms. The molecule has 4 bridgehead atoms. The average molecular weight is 368 g/mol. The zero-order valence-electron chi connectivity index (χ0n) is 13.2. The molecular weight excluding hydrogens is 350 g/mol. The standard InChI is InChI=1S/C17H18F6O2/c18-16(19,20)15(24,17(21,22)23)7-25-6-11-4-10-5-12(11)14-9-2-1-8(3-9)13(10)14/h8-14,24H,3-7H2. The minimum Gasteiger partial charge on any atom is -0.377 e. The van der Waals surface area contributed by atoms with Gasteiger partial charge in [-0.25, -0.2) is 0 Å². The SMILES string of the molecule is OC(COCC1CC2CC1C1C3C#CC(C3)C21)(C(F)(F)F)C(F)(F)F. The summed E-state index contributed by atoms with van der Waals surface area (Å²) in [6, 6.07) is 0. The first-order chi connectivity index (χ1) is 11.5. The number of ether oxygens (including phenoxy) is 1. The van der Waals surface area contributed by atoms with Gasteiger partial charge >= 0.3 is 12.4 Å². The molecule has 3 fully saturated rings. The van der Waals surface area contributed by atoms with E-state index in [4.69, 9.17) is 9.84 Å². The predicted octanol–water partition coefficient (Wildman–Crippen LogP) is 3.40. The third-order valence-corrected chi connectivity index (χ3v) is 6.74. The van der Waals surface area contributed by atoms with E-state index in [1.807, 2.05) is 0 Å². The van der Waals surface area contributed by atoms with E-state index in [0.29, 0.717) is 29.6 Å². The molecule has 4 rings (SSSR count). The molecule has 0 aromatic rings. The van der Waals surface area contributed by atoms with Crippen molar-refractivity contribution in [3.05, 3.63) is 0 Å². The van der Waals surface area contributed by atoms with Crippen molar-refractivity contribution in [2.45, 2.75) is 37.2 Å². The van der Waals surface area contributed by atoms with Crippen LogP contribution in [0.15, 0.2) is 0 Å². The molecule has 4 aliphatic carbocycles. The lowest BCUT2D eigenvalue weighted by molar-refractivity contribution is -0.378. The second-order valence-corrected chi connectivity index (χ2v) is 7.92. The lowest BCUT2D eigenvalue weighted by Gasteiger charge is -2.36. The van der Waals surface area contributed by atoms with Crippen molar-refractivity contribution in [3.63, 3.8) is 0 Å². The van der Waals surface area contributed by atoms with E-state index in [-0.39, 0.29) is 18.4 Å². The molecule has 140 valence electrons. The van der Waals surface area contributed by atoms with Crippen LogP contribution in [0.5, 0.6) is 0 Å². The fourth-order valence-electron chi connectivity index (χ4n) is 5.74. The Kier molecular flexibility index (Phi) is 3.70. The second kappa shape index (κ2) is 5.29. The van der Waals surface area contributed by atoms with Crippen molar-refractivity contribution in [3.8, 4) is 11.8 Å². The summed E-state index contributed by atoms with van der Waals surface area (Å²) in [5.74, 6) is 8.89. The summed E-state index contributed by atoms with van der Waals surface area (Å²) in [5.41, 5.74) is -4.82. The number of hydrogen-bond acceptors (Lipinski definition) is 2. The fraction of sp³-hybridized carbons (Fsp3) is 0.882. The van der Waals surface area contributed by atoms with Crippen LogP contribution in [0.3, 0.4) is 0 Å². The summed E-state index contributed by atoms with van der Waals surface area (Å²) in [7, 11) is 0. The topological polar surface area (TPSA) is 29.5 Å². The number of rotatable bonds is 4. The quantitative estimate of drug-likeness (QED) is 0.468. The van der Waals surface area contributed by atoms with Crippen LogP contribution in [0.4, 0.5) is 26.3 Å². The van der Waals surface area contributed by atoms with E-state index in [1.54, 1.807) is 0 Å². The summed E-state index contributed by atoms with van der Waals surface area (Å²) in [6.45, 7) is -1.99. The Balaban J connectivity index is 1.38. The van der Waals surface area contributed by atoms with Crippen LogP contribution in [0, 0.1) is 53.3 Å². The van der Waals surface area contributed by atoms with E-state index in [9.17, 15) is 26.3 Å². The Morgan fingerprint density at radius 1 is 0.880 bits per heavy atom. The fourth-order valence-corrected chi connectivity index (χ4v) is 5.74. The number of alkyl halides is 6. The lowest BCUT2D eigenvalue weighted by Crippen LogP contribution is -2.60. The molecule has 7 atom stereocenters. The van der Waals surface area contributed by atoms with E-state index in [1.165, 1.54) is 0 Å². The molecule has 0 saturated heterocycles. The molecular formula is C17H18F6O2. The van der Waals surface area contributed by atoms with E-state index in [2.05, 4.69) is 11.8 Å². The Hall–Kier alpha value is -0.940. The van der Waals surface area contributed by atoms with Gasteiger partial charge < -0.3 is 9.84 Å². The van der Waals surface area contributed by atoms with Crippen LogP contribution in [-0.4, -0.2) is 36.3 Å². The Labute approximate surface area is 140 Å². The number of hydrogen-bond donors (Lipinski definition) is 1. The summed E-state index contributed by atoms with van der Waals surface area (Å²) in [4.78, 5) is 0. The maximum absolute atomic E-state index is 12.7. The molecule has 8 heteroatoms. The maximum atomic E-state index is 12.7. The smallest absolute Gasteiger partial charge is 0.377 e. The first-order valence-corrected chi connectivity index (χ1v) is 8.47. The molecule has 0 aliphatic heterocycles. The number of aliphatic hydroxyl groups is 1. The first-order valence-electron chi connectivity index (χ1n) is 8.47. The van der Waals surface area contributed by atoms with Crippen molar-refractivity contribution in [2.24, 2.45) is 41.4 Å². The van der Waals surface area contributed by atoms with Crippen LogP contribution in [0.2, 0.25) is 0 Å². The minimum absolute atomic E-state index is 0.0434. The molecule has 0 amide bonds. The molecule has 25 heavy (non-hydrogen) atoms. The molecule has 1 N–H and O–H groups in total. The number of fused-ring (bicyclic) bond motifs is 9. The van der Waals surface area contributed by atoms with Gasteiger partial charge in [-0.15, -0.1) is 0 Å². The molecule has 4 aliphatic rings. The van der Waals surface area contributed by atoms with E-state index in [0.717, 1.165) is 19.3 Å². The van der Waals surface area contributed by atoms with Crippen LogP contribution < -0.4 is 0 Å². The highest BCUT2D eigenvalue weighted by molar-refractivity contribution is 5.28. The summed E-state index contributed by atoms with van der Waals surface area (Å²) in [5, 5.41) is 9.13. The second-order valence-electron chi connectivity index (χ2n) is 7.92. The van der Waals surface area contributed by atoms with Crippen LogP contribution in [0.25, 0.3) is 0 Å². The minimum atomic E-state index is -5.83. The Bertz CT molecular complexity index is 601. The third-order valence-electron chi connectivity index (χ3n) is 6.74. The van der Waals surface area contributed by atoms with Gasteiger partial charge in [-0.3, -0.25) is 0 Å². The highest BCUT2D eigenvalue weighted by Crippen LogP contribution is 2.65. The lowest BCUT2D eigenvalue weighted by atomic mass is 9.70. The molecule has 2 nitrogen and oxygen atoms in total. The zero-order valence-corrected chi connectivity index (χ0v) is 13.2. The van der Waals surface area contributed by atoms with Crippen LogP contribution >= 0.6 is 0 Å². The van der Waals surface area contributed by atoms with Gasteiger partial charge in [-0.1, -0.05) is 11.8 Å². The van der Waals surface area contributed by atoms with Crippen molar-refractivity contribution in [2.75, 3.05) is 13.2 Å². The summed E-state index contributed by atoms with van der Waals surface area (Å²) in [6.07, 6.45) is -8.90. The monoisotopic (exact) mass is 368 g/mol. The van der Waals surface area contributed by atoms with Gasteiger partial charge in [0.2, 0.25) is 0 Å². The van der Waals surface area contributed by atoms with Gasteiger partial charge in [0.25, 0.3) is 5.60 Å². The van der Waals surface area contributed by atoms with Gasteiger partial charge in [0.15, 0.2) is 0 Å². The molecule has 0 heterocycles. The molecule has 0 aromatic heterocycles. The Morgan fingerprint density at radius 2 is 1.48 bits per heavy atom. The highest BCUT2D eigenvalue weighted by Gasteiger charge is 2.71. The maximum Gasteiger partial charge on any atom is 0.428 e. The van der Waals surface area contributed by atoms with Crippen LogP contribution in [0.1, 0.15) is 19.3 Å². The predicted molar refractivity (Wildman–Crippen MR) is 73.9 cm³/mol.